The van der Waals surface area contributed by atoms with Crippen LogP contribution in [0.2, 0.25) is 0 Å². The quantitative estimate of drug-likeness (QED) is 0.0234. The molecule has 0 saturated carbocycles. The van der Waals surface area contributed by atoms with Crippen molar-refractivity contribution in [1.29, 1.82) is 0 Å². The van der Waals surface area contributed by atoms with Gasteiger partial charge < -0.3 is 25.2 Å². The van der Waals surface area contributed by atoms with Crippen LogP contribution >= 0.6 is 7.82 Å². The van der Waals surface area contributed by atoms with E-state index in [2.05, 4.69) is 26.0 Å². The second-order valence-corrected chi connectivity index (χ2v) is 17.7. The molecule has 0 aromatic rings. The molecule has 0 aliphatic heterocycles. The monoisotopic (exact) mass is 832 g/mol. The average Bonchev–Trinajstić information content (AvgIpc) is 3.19. The lowest BCUT2D eigenvalue weighted by molar-refractivity contribution is -0.154. The highest BCUT2D eigenvalue weighted by Crippen LogP contribution is 2.43. The molecule has 0 saturated heterocycles. The SMILES string of the molecule is CCCCCCC/C=C\CCCCCCCCOCC(COP(=O)(O)OCC(N)C(=O)O)OC(=O)CCCCCCCCCCCCCCCCCCCCCC. The van der Waals surface area contributed by atoms with Gasteiger partial charge in [-0.05, 0) is 38.5 Å². The van der Waals surface area contributed by atoms with Crippen LogP contribution in [-0.2, 0) is 32.7 Å². The van der Waals surface area contributed by atoms with Crippen LogP contribution in [0.5, 0.6) is 0 Å². The van der Waals surface area contributed by atoms with Crippen molar-refractivity contribution in [2.24, 2.45) is 5.73 Å². The standard InChI is InChI=1S/C46H90NO9P/c1-3-5-7-9-11-13-15-17-19-20-21-22-23-24-26-28-30-32-34-36-38-45(48)56-43(41-54-57(51,52)55-42-44(47)46(49)50)40-53-39-37-35-33-31-29-27-25-18-16-14-12-10-8-6-4-2/h16,18,43-44H,3-15,17,19-42,47H2,1-2H3,(H,49,50)(H,51,52)/b18-16-. The van der Waals surface area contributed by atoms with Gasteiger partial charge in [-0.1, -0.05) is 199 Å². The van der Waals surface area contributed by atoms with Crippen LogP contribution in [0.3, 0.4) is 0 Å². The molecular formula is C46H90NO9P. The van der Waals surface area contributed by atoms with Gasteiger partial charge in [0.2, 0.25) is 0 Å². The van der Waals surface area contributed by atoms with Crippen molar-refractivity contribution < 1.29 is 42.7 Å². The summed E-state index contributed by atoms with van der Waals surface area (Å²) in [7, 11) is -4.61. The Bertz CT molecular complexity index is 966. The summed E-state index contributed by atoms with van der Waals surface area (Å²) in [6, 6.07) is -1.47. The fourth-order valence-corrected chi connectivity index (χ4v) is 7.61. The summed E-state index contributed by atoms with van der Waals surface area (Å²) in [5.74, 6) is -1.77. The first kappa shape index (κ1) is 55.7. The zero-order valence-corrected chi connectivity index (χ0v) is 37.9. The topological polar surface area (TPSA) is 155 Å². The van der Waals surface area contributed by atoms with Crippen LogP contribution < -0.4 is 5.73 Å². The van der Waals surface area contributed by atoms with Gasteiger partial charge >= 0.3 is 19.8 Å². The highest BCUT2D eigenvalue weighted by Gasteiger charge is 2.27. The molecule has 0 radical (unpaired) electrons. The van der Waals surface area contributed by atoms with Crippen molar-refractivity contribution in [2.75, 3.05) is 26.4 Å². The number of carbonyl (C=O) groups excluding carboxylic acids is 1. The van der Waals surface area contributed by atoms with Gasteiger partial charge in [-0.25, -0.2) is 4.57 Å². The van der Waals surface area contributed by atoms with Crippen molar-refractivity contribution >= 4 is 19.8 Å². The maximum Gasteiger partial charge on any atom is 0.472 e. The highest BCUT2D eigenvalue weighted by molar-refractivity contribution is 7.47. The van der Waals surface area contributed by atoms with Gasteiger partial charge in [0.05, 0.1) is 19.8 Å². The van der Waals surface area contributed by atoms with Crippen LogP contribution in [0.4, 0.5) is 0 Å². The van der Waals surface area contributed by atoms with E-state index in [-0.39, 0.29) is 13.0 Å². The number of ether oxygens (including phenoxy) is 2. The first-order valence-corrected chi connectivity index (χ1v) is 25.2. The molecule has 0 fully saturated rings. The Morgan fingerprint density at radius 1 is 0.544 bits per heavy atom. The minimum atomic E-state index is -4.61. The molecule has 338 valence electrons. The lowest BCUT2D eigenvalue weighted by atomic mass is 10.0. The predicted octanol–water partition coefficient (Wildman–Crippen LogP) is 13.3. The van der Waals surface area contributed by atoms with Gasteiger partial charge in [0.25, 0.3) is 0 Å². The molecule has 0 aromatic heterocycles. The Morgan fingerprint density at radius 3 is 1.33 bits per heavy atom. The Labute approximate surface area is 350 Å². The smallest absolute Gasteiger partial charge is 0.472 e. The largest absolute Gasteiger partial charge is 0.480 e. The second kappa shape index (κ2) is 42.8. The Kier molecular flexibility index (Phi) is 41.9. The van der Waals surface area contributed by atoms with Crippen LogP contribution in [-0.4, -0.2) is 60.5 Å². The number of unbranched alkanes of at least 4 members (excludes halogenated alkanes) is 30. The summed E-state index contributed by atoms with van der Waals surface area (Å²) in [5.41, 5.74) is 5.36. The predicted molar refractivity (Wildman–Crippen MR) is 236 cm³/mol. The first-order valence-electron chi connectivity index (χ1n) is 23.7. The molecule has 10 nitrogen and oxygen atoms in total. The van der Waals surface area contributed by atoms with E-state index < -0.39 is 45.1 Å². The third-order valence-corrected chi connectivity index (χ3v) is 11.5. The van der Waals surface area contributed by atoms with Crippen molar-refractivity contribution in [3.63, 3.8) is 0 Å². The number of carbonyl (C=O) groups is 2. The number of carboxylic acid groups (broad SMARTS) is 1. The van der Waals surface area contributed by atoms with E-state index in [0.29, 0.717) is 6.61 Å². The lowest BCUT2D eigenvalue weighted by Gasteiger charge is -2.20. The number of esters is 1. The number of carboxylic acids is 1. The summed E-state index contributed by atoms with van der Waals surface area (Å²) in [5, 5.41) is 8.91. The summed E-state index contributed by atoms with van der Waals surface area (Å²) in [6.07, 6.45) is 45.5. The minimum Gasteiger partial charge on any atom is -0.480 e. The van der Waals surface area contributed by atoms with E-state index in [1.165, 1.54) is 167 Å². The van der Waals surface area contributed by atoms with E-state index in [9.17, 15) is 19.0 Å². The molecule has 0 spiro atoms. The lowest BCUT2D eigenvalue weighted by Crippen LogP contribution is -2.34. The maximum absolute atomic E-state index is 12.7. The van der Waals surface area contributed by atoms with Gasteiger partial charge in [0, 0.05) is 13.0 Å². The number of hydrogen-bond acceptors (Lipinski definition) is 8. The van der Waals surface area contributed by atoms with Gasteiger partial charge in [-0.3, -0.25) is 18.6 Å². The molecule has 0 aliphatic carbocycles. The fourth-order valence-electron chi connectivity index (χ4n) is 6.84. The van der Waals surface area contributed by atoms with E-state index in [1.54, 1.807) is 0 Å². The zero-order valence-electron chi connectivity index (χ0n) is 37.0. The Balaban J connectivity index is 4.14. The normalized spacial score (nSPS) is 13.9. The molecule has 0 rings (SSSR count). The fraction of sp³-hybridized carbons (Fsp3) is 0.913. The average molecular weight is 832 g/mol. The van der Waals surface area contributed by atoms with Crippen LogP contribution in [0, 0.1) is 0 Å². The number of hydrogen-bond donors (Lipinski definition) is 3. The van der Waals surface area contributed by atoms with E-state index in [4.69, 9.17) is 29.4 Å². The molecule has 57 heavy (non-hydrogen) atoms. The van der Waals surface area contributed by atoms with Crippen molar-refractivity contribution in [3.8, 4) is 0 Å². The number of allylic oxidation sites excluding steroid dienone is 2. The first-order chi connectivity index (χ1) is 27.7. The number of aliphatic carboxylic acids is 1. The molecule has 0 heterocycles. The molecule has 0 amide bonds. The van der Waals surface area contributed by atoms with Crippen LogP contribution in [0.15, 0.2) is 12.2 Å². The summed E-state index contributed by atoms with van der Waals surface area (Å²) < 4.78 is 33.4. The van der Waals surface area contributed by atoms with Crippen molar-refractivity contribution in [2.45, 2.75) is 244 Å². The number of phosphoric ester groups is 1. The summed E-state index contributed by atoms with van der Waals surface area (Å²) in [6.45, 7) is 3.90. The molecule has 0 bridgehead atoms. The number of nitrogens with two attached hydrogens (primary N) is 1. The Hall–Kier alpha value is -1.29. The second-order valence-electron chi connectivity index (χ2n) is 16.2. The summed E-state index contributed by atoms with van der Waals surface area (Å²) >= 11 is 0. The number of phosphoric acid groups is 1. The Morgan fingerprint density at radius 2 is 0.912 bits per heavy atom. The summed E-state index contributed by atoms with van der Waals surface area (Å²) in [4.78, 5) is 33.6. The van der Waals surface area contributed by atoms with E-state index in [1.807, 2.05) is 0 Å². The third kappa shape index (κ3) is 42.6. The molecule has 3 atom stereocenters. The number of rotatable bonds is 46. The van der Waals surface area contributed by atoms with Crippen molar-refractivity contribution in [1.82, 2.24) is 0 Å². The van der Waals surface area contributed by atoms with Gasteiger partial charge in [0.15, 0.2) is 0 Å². The highest BCUT2D eigenvalue weighted by atomic mass is 31.2. The third-order valence-electron chi connectivity index (χ3n) is 10.5. The van der Waals surface area contributed by atoms with E-state index >= 15 is 0 Å². The van der Waals surface area contributed by atoms with Crippen molar-refractivity contribution in [3.05, 3.63) is 12.2 Å². The molecule has 11 heteroatoms. The van der Waals surface area contributed by atoms with Crippen LogP contribution in [0.1, 0.15) is 232 Å². The maximum atomic E-state index is 12.7. The van der Waals surface area contributed by atoms with Crippen LogP contribution in [0.25, 0.3) is 0 Å². The zero-order chi connectivity index (χ0) is 41.9. The minimum absolute atomic E-state index is 0.0184. The molecule has 4 N–H and O–H groups in total. The van der Waals surface area contributed by atoms with Gasteiger partial charge in [-0.15, -0.1) is 0 Å². The van der Waals surface area contributed by atoms with E-state index in [0.717, 1.165) is 44.9 Å². The van der Waals surface area contributed by atoms with Gasteiger partial charge in [0.1, 0.15) is 12.1 Å². The molecule has 0 aromatic carbocycles. The van der Waals surface area contributed by atoms with Gasteiger partial charge in [-0.2, -0.15) is 0 Å². The molecular weight excluding hydrogens is 741 g/mol. The molecule has 3 unspecified atom stereocenters. The molecule has 0 aliphatic rings.